The van der Waals surface area contributed by atoms with E-state index in [2.05, 4.69) is 20.0 Å². The number of allylic oxidation sites excluding steroid dienone is 3. The van der Waals surface area contributed by atoms with Crippen molar-refractivity contribution in [2.75, 3.05) is 20.2 Å². The zero-order chi connectivity index (χ0) is 26.5. The molecule has 2 aromatic heterocycles. The number of thiazole rings is 1. The number of amides is 3. The number of imide groups is 1. The Morgan fingerprint density at radius 1 is 1.33 bits per heavy atom. The van der Waals surface area contributed by atoms with Crippen molar-refractivity contribution in [1.82, 2.24) is 24.8 Å². The predicted octanol–water partition coefficient (Wildman–Crippen LogP) is 3.37. The number of imidazole rings is 1. The SMILES string of the molecule is CNC(=O)N(CCCO)C(=O)c1c(C)nc([O+]=C2C=CC(OC(F)(F)F)=CC2)n1Cc1ncc(C)s1. The van der Waals surface area contributed by atoms with E-state index in [1.54, 1.807) is 13.1 Å². The van der Waals surface area contributed by atoms with E-state index in [4.69, 9.17) is 4.42 Å². The number of aromatic nitrogens is 3. The minimum Gasteiger partial charge on any atom is -0.406 e. The van der Waals surface area contributed by atoms with Crippen LogP contribution in [-0.2, 0) is 15.7 Å². The van der Waals surface area contributed by atoms with E-state index < -0.39 is 18.3 Å². The highest BCUT2D eigenvalue weighted by atomic mass is 32.1. The number of aryl methyl sites for hydroxylation is 2. The largest absolute Gasteiger partial charge is 0.573 e. The highest BCUT2D eigenvalue weighted by molar-refractivity contribution is 7.11. The van der Waals surface area contributed by atoms with Gasteiger partial charge in [0.25, 0.3) is 5.91 Å². The Labute approximate surface area is 208 Å². The van der Waals surface area contributed by atoms with E-state index in [0.29, 0.717) is 5.01 Å². The number of carbonyl (C=O) groups excluding carboxylic acids is 3. The van der Waals surface area contributed by atoms with Crippen molar-refractivity contribution in [3.63, 3.8) is 0 Å². The van der Waals surface area contributed by atoms with Gasteiger partial charge in [-0.05, 0) is 32.4 Å². The fourth-order valence-corrected chi connectivity index (χ4v) is 4.13. The lowest BCUT2D eigenvalue weighted by atomic mass is 10.1. The Balaban J connectivity index is 2.01. The smallest absolute Gasteiger partial charge is 0.406 e. The Bertz CT molecular complexity index is 1220. The van der Waals surface area contributed by atoms with Gasteiger partial charge >= 0.3 is 24.2 Å². The number of aliphatic hydroxyl groups is 1. The van der Waals surface area contributed by atoms with Crippen LogP contribution in [0.1, 0.15) is 38.9 Å². The van der Waals surface area contributed by atoms with Crippen LogP contribution in [0.4, 0.5) is 18.0 Å². The molecule has 1 aliphatic rings. The van der Waals surface area contributed by atoms with Crippen molar-refractivity contribution in [2.45, 2.75) is 39.6 Å². The van der Waals surface area contributed by atoms with Gasteiger partial charge < -0.3 is 15.2 Å². The van der Waals surface area contributed by atoms with E-state index in [9.17, 15) is 27.9 Å². The molecule has 0 aliphatic heterocycles. The number of ether oxygens (including phenoxy) is 1. The number of nitrogens with zero attached hydrogens (tertiary/aromatic N) is 4. The number of urea groups is 1. The summed E-state index contributed by atoms with van der Waals surface area (Å²) in [5.74, 6) is -0.747. The molecular formula is C22H25F3N5O5S+. The summed E-state index contributed by atoms with van der Waals surface area (Å²) < 4.78 is 48.6. The molecule has 0 saturated heterocycles. The maximum absolute atomic E-state index is 13.5. The molecule has 0 atom stereocenters. The number of alkyl halides is 3. The normalized spacial score (nSPS) is 14.6. The summed E-state index contributed by atoms with van der Waals surface area (Å²) in [7, 11) is 1.38. The summed E-state index contributed by atoms with van der Waals surface area (Å²) in [6.07, 6.45) is 0.688. The van der Waals surface area contributed by atoms with Crippen molar-refractivity contribution in [2.24, 2.45) is 0 Å². The highest BCUT2D eigenvalue weighted by Gasteiger charge is 2.35. The average molecular weight is 529 g/mol. The highest BCUT2D eigenvalue weighted by Crippen LogP contribution is 2.26. The lowest BCUT2D eigenvalue weighted by Gasteiger charge is -2.20. The summed E-state index contributed by atoms with van der Waals surface area (Å²) in [5.41, 5.74) is 0.356. The molecular weight excluding hydrogens is 503 g/mol. The van der Waals surface area contributed by atoms with Crippen molar-refractivity contribution in [1.29, 1.82) is 0 Å². The van der Waals surface area contributed by atoms with Gasteiger partial charge in [0.15, 0.2) is 0 Å². The molecule has 0 saturated carbocycles. The monoisotopic (exact) mass is 528 g/mol. The zero-order valence-electron chi connectivity index (χ0n) is 19.8. The summed E-state index contributed by atoms with van der Waals surface area (Å²) in [6.45, 7) is 3.31. The van der Waals surface area contributed by atoms with Crippen LogP contribution in [0, 0.1) is 13.8 Å². The number of ketones is 1. The van der Waals surface area contributed by atoms with Crippen LogP contribution in [0.3, 0.4) is 0 Å². The molecule has 2 N–H and O–H groups in total. The molecule has 10 nitrogen and oxygen atoms in total. The second-order valence-electron chi connectivity index (χ2n) is 7.63. The van der Waals surface area contributed by atoms with Crippen LogP contribution in [-0.4, -0.2) is 68.8 Å². The van der Waals surface area contributed by atoms with Gasteiger partial charge in [0.2, 0.25) is 0 Å². The first-order valence-corrected chi connectivity index (χ1v) is 11.6. The van der Waals surface area contributed by atoms with Gasteiger partial charge in [0, 0.05) is 37.3 Å². The molecule has 3 rings (SSSR count). The van der Waals surface area contributed by atoms with E-state index in [1.165, 1.54) is 35.1 Å². The number of hydrogen-bond acceptors (Lipinski definition) is 7. The molecule has 36 heavy (non-hydrogen) atoms. The average Bonchev–Trinajstić information content (AvgIpc) is 3.36. The number of nitrogens with one attached hydrogen (secondary N) is 1. The minimum atomic E-state index is -4.81. The van der Waals surface area contributed by atoms with Gasteiger partial charge in [0.05, 0.1) is 18.7 Å². The molecule has 3 amide bonds. The first kappa shape index (κ1) is 27.1. The van der Waals surface area contributed by atoms with E-state index in [1.807, 2.05) is 6.92 Å². The third-order valence-electron chi connectivity index (χ3n) is 4.91. The summed E-state index contributed by atoms with van der Waals surface area (Å²) >= 11 is 1.40. The molecule has 0 unspecified atom stereocenters. The molecule has 0 aromatic carbocycles. The fourth-order valence-electron chi connectivity index (χ4n) is 3.35. The van der Waals surface area contributed by atoms with Crippen molar-refractivity contribution >= 4 is 29.1 Å². The maximum Gasteiger partial charge on any atom is 0.573 e. The second kappa shape index (κ2) is 11.5. The number of carbonyl (C=O) groups is 2. The van der Waals surface area contributed by atoms with Gasteiger partial charge in [0.1, 0.15) is 16.5 Å². The van der Waals surface area contributed by atoms with Gasteiger partial charge in [-0.15, -0.1) is 29.5 Å². The molecule has 0 radical (unpaired) electrons. The summed E-state index contributed by atoms with van der Waals surface area (Å²) in [4.78, 5) is 36.5. The lowest BCUT2D eigenvalue weighted by Crippen LogP contribution is -2.44. The minimum absolute atomic E-state index is 0.00563. The van der Waals surface area contributed by atoms with Crippen LogP contribution >= 0.6 is 11.3 Å². The molecule has 1 aliphatic carbocycles. The molecule has 2 heterocycles. The standard InChI is InChI=1S/C22H24F3N5O5S/c1-13-11-27-17(36-13)12-30-18(19(32)29(9-4-10-31)20(33)26-3)14(2)28-21(30)34-15-5-7-16(8-6-15)35-22(23,24)25/h5,7-8,11,31H,4,6,9-10,12H2,1-3H3/p+1. The van der Waals surface area contributed by atoms with E-state index in [0.717, 1.165) is 15.9 Å². The fraction of sp³-hybridized carbons (Fsp3) is 0.409. The van der Waals surface area contributed by atoms with Gasteiger partial charge in [-0.25, -0.2) is 14.3 Å². The maximum atomic E-state index is 13.5. The number of halogens is 3. The zero-order valence-corrected chi connectivity index (χ0v) is 20.6. The second-order valence-corrected chi connectivity index (χ2v) is 8.95. The van der Waals surface area contributed by atoms with E-state index in [-0.39, 0.29) is 61.5 Å². The predicted molar refractivity (Wildman–Crippen MR) is 124 cm³/mol. The third-order valence-corrected chi connectivity index (χ3v) is 5.81. The first-order chi connectivity index (χ1) is 17.0. The lowest BCUT2D eigenvalue weighted by molar-refractivity contribution is -0.380. The van der Waals surface area contributed by atoms with Gasteiger partial charge in [-0.1, -0.05) is 0 Å². The number of hydrogen-bond donors (Lipinski definition) is 2. The summed E-state index contributed by atoms with van der Waals surface area (Å²) in [5, 5.41) is 12.3. The molecule has 14 heteroatoms. The van der Waals surface area contributed by atoms with Crippen molar-refractivity contribution in [3.05, 3.63) is 51.5 Å². The third kappa shape index (κ3) is 6.79. The van der Waals surface area contributed by atoms with E-state index >= 15 is 0 Å². The van der Waals surface area contributed by atoms with Crippen LogP contribution in [0.25, 0.3) is 0 Å². The Hall–Kier alpha value is -3.52. The quantitative estimate of drug-likeness (QED) is 0.507. The number of aliphatic hydroxyl groups excluding tert-OH is 1. The first-order valence-electron chi connectivity index (χ1n) is 10.8. The molecule has 0 bridgehead atoms. The Kier molecular flexibility index (Phi) is 8.63. The van der Waals surface area contributed by atoms with Gasteiger partial charge in [-0.2, -0.15) is 4.42 Å². The van der Waals surface area contributed by atoms with Crippen molar-refractivity contribution in [3.8, 4) is 6.01 Å². The number of rotatable bonds is 8. The molecule has 0 fully saturated rings. The Morgan fingerprint density at radius 2 is 2.08 bits per heavy atom. The van der Waals surface area contributed by atoms with Crippen molar-refractivity contribution < 1.29 is 37.0 Å². The van der Waals surface area contributed by atoms with Crippen LogP contribution in [0.15, 0.2) is 30.2 Å². The van der Waals surface area contributed by atoms with Crippen LogP contribution in [0.5, 0.6) is 6.01 Å². The topological polar surface area (TPSA) is 121 Å². The van der Waals surface area contributed by atoms with Crippen LogP contribution in [0.2, 0.25) is 0 Å². The molecule has 2 aromatic rings. The Morgan fingerprint density at radius 3 is 2.64 bits per heavy atom. The molecule has 0 spiro atoms. The summed E-state index contributed by atoms with van der Waals surface area (Å²) in [6, 6.07) is -0.643. The van der Waals surface area contributed by atoms with Gasteiger partial charge in [-0.3, -0.25) is 9.69 Å². The molecule has 194 valence electrons. The van der Waals surface area contributed by atoms with Crippen LogP contribution < -0.4 is 5.32 Å².